The average molecular weight is 319 g/mol. The lowest BCUT2D eigenvalue weighted by atomic mass is 10.3. The summed E-state index contributed by atoms with van der Waals surface area (Å²) in [6.45, 7) is 6.40. The number of hydrogen-bond donors (Lipinski definition) is 3. The number of β-amino-alcohol motifs (C(OH)–C–C–N with tert-alkyl or cyclic N) is 1. The Morgan fingerprint density at radius 2 is 2.35 bits per heavy atom. The lowest BCUT2D eigenvalue weighted by Crippen LogP contribution is -2.40. The summed E-state index contributed by atoms with van der Waals surface area (Å²) < 4.78 is 0. The number of likely N-dealkylation sites (tertiary alicyclic amines) is 1. The largest absolute Gasteiger partial charge is 0.391 e. The molecule has 3 N–H and O–H groups in total. The van der Waals surface area contributed by atoms with Gasteiger partial charge >= 0.3 is 0 Å². The third-order valence-electron chi connectivity index (χ3n) is 3.55. The average Bonchev–Trinajstić information content (AvgIpc) is 2.93. The van der Waals surface area contributed by atoms with Crippen LogP contribution >= 0.6 is 0 Å². The number of pyridine rings is 1. The van der Waals surface area contributed by atoms with E-state index in [0.29, 0.717) is 25.3 Å². The Labute approximate surface area is 136 Å². The van der Waals surface area contributed by atoms with Crippen molar-refractivity contribution in [3.63, 3.8) is 0 Å². The highest BCUT2D eigenvalue weighted by Crippen LogP contribution is 2.09. The molecule has 0 aliphatic carbocycles. The number of carbonyl (C=O) groups excluding carboxylic acids is 1. The molecule has 0 spiro atoms. The van der Waals surface area contributed by atoms with Crippen LogP contribution in [0.5, 0.6) is 0 Å². The fraction of sp³-hybridized carbons (Fsp3) is 0.562. The van der Waals surface area contributed by atoms with Crippen molar-refractivity contribution >= 4 is 17.7 Å². The molecule has 23 heavy (non-hydrogen) atoms. The van der Waals surface area contributed by atoms with Crippen LogP contribution in [0, 0.1) is 6.92 Å². The molecule has 1 atom stereocenters. The molecule has 0 saturated carbocycles. The third kappa shape index (κ3) is 5.52. The molecule has 1 aliphatic heterocycles. The number of aliphatic imine (C=N–C) groups is 1. The second-order valence-electron chi connectivity index (χ2n) is 5.59. The molecule has 0 aromatic carbocycles. The number of carbonyl (C=O) groups is 1. The molecular weight excluding hydrogens is 294 g/mol. The molecular formula is C16H25N5O2. The molecule has 1 fully saturated rings. The molecule has 0 unspecified atom stereocenters. The second kappa shape index (κ2) is 8.47. The van der Waals surface area contributed by atoms with Gasteiger partial charge in [-0.2, -0.15) is 0 Å². The van der Waals surface area contributed by atoms with Gasteiger partial charge in [-0.25, -0.2) is 4.98 Å². The number of aromatic nitrogens is 1. The van der Waals surface area contributed by atoms with Gasteiger partial charge in [-0.05, 0) is 32.4 Å². The Morgan fingerprint density at radius 3 is 3.00 bits per heavy atom. The van der Waals surface area contributed by atoms with E-state index in [0.717, 1.165) is 31.2 Å². The highest BCUT2D eigenvalue weighted by atomic mass is 16.3. The van der Waals surface area contributed by atoms with E-state index in [1.165, 1.54) is 0 Å². The molecule has 126 valence electrons. The van der Waals surface area contributed by atoms with E-state index in [1.807, 2.05) is 30.9 Å². The van der Waals surface area contributed by atoms with Crippen LogP contribution < -0.4 is 10.6 Å². The van der Waals surface area contributed by atoms with Gasteiger partial charge in [0, 0.05) is 31.7 Å². The van der Waals surface area contributed by atoms with Crippen molar-refractivity contribution in [1.82, 2.24) is 15.2 Å². The zero-order valence-electron chi connectivity index (χ0n) is 13.7. The molecule has 0 radical (unpaired) electrons. The molecule has 7 heteroatoms. The first kappa shape index (κ1) is 17.2. The van der Waals surface area contributed by atoms with Crippen LogP contribution in [-0.2, 0) is 4.79 Å². The first-order valence-corrected chi connectivity index (χ1v) is 8.03. The van der Waals surface area contributed by atoms with Gasteiger partial charge < -0.3 is 20.6 Å². The Kier molecular flexibility index (Phi) is 6.34. The number of aliphatic hydroxyl groups is 1. The van der Waals surface area contributed by atoms with Crippen molar-refractivity contribution in [3.8, 4) is 0 Å². The van der Waals surface area contributed by atoms with E-state index in [2.05, 4.69) is 20.6 Å². The molecule has 7 nitrogen and oxygen atoms in total. The third-order valence-corrected chi connectivity index (χ3v) is 3.55. The van der Waals surface area contributed by atoms with Crippen LogP contribution in [0.2, 0.25) is 0 Å². The Morgan fingerprint density at radius 1 is 1.52 bits per heavy atom. The van der Waals surface area contributed by atoms with Gasteiger partial charge in [-0.1, -0.05) is 6.07 Å². The van der Waals surface area contributed by atoms with Crippen molar-refractivity contribution in [2.75, 3.05) is 31.5 Å². The van der Waals surface area contributed by atoms with Crippen LogP contribution in [0.4, 0.5) is 5.82 Å². The summed E-state index contributed by atoms with van der Waals surface area (Å²) in [5, 5.41) is 15.6. The monoisotopic (exact) mass is 319 g/mol. The maximum Gasteiger partial charge on any atom is 0.227 e. The molecule has 0 bridgehead atoms. The van der Waals surface area contributed by atoms with Gasteiger partial charge in [-0.15, -0.1) is 0 Å². The lowest BCUT2D eigenvalue weighted by molar-refractivity contribution is -0.116. The summed E-state index contributed by atoms with van der Waals surface area (Å²) in [5.41, 5.74) is 0.864. The van der Waals surface area contributed by atoms with Gasteiger partial charge in [0.15, 0.2) is 5.96 Å². The highest BCUT2D eigenvalue weighted by Gasteiger charge is 2.22. The predicted octanol–water partition coefficient (Wildman–Crippen LogP) is 0.751. The standard InChI is InChI=1S/C16H25N5O2/c1-3-17-16(21-10-8-13(22)11-21)18-9-7-15(23)20-14-6-4-5-12(2)19-14/h4-6,13,22H,3,7-11H2,1-2H3,(H,17,18)(H,19,20,23)/t13-/m1/s1. The zero-order valence-corrected chi connectivity index (χ0v) is 13.7. The van der Waals surface area contributed by atoms with Crippen molar-refractivity contribution in [1.29, 1.82) is 0 Å². The minimum atomic E-state index is -0.297. The van der Waals surface area contributed by atoms with Crippen molar-refractivity contribution in [2.24, 2.45) is 4.99 Å². The first-order chi connectivity index (χ1) is 11.1. The van der Waals surface area contributed by atoms with Crippen LogP contribution in [0.3, 0.4) is 0 Å². The van der Waals surface area contributed by atoms with Gasteiger partial charge in [-0.3, -0.25) is 9.79 Å². The SMILES string of the molecule is CCNC(=NCCC(=O)Nc1cccc(C)n1)N1CC[C@@H](O)C1. The zero-order chi connectivity index (χ0) is 16.7. The Hall–Kier alpha value is -2.15. The van der Waals surface area contributed by atoms with Crippen LogP contribution in [0.15, 0.2) is 23.2 Å². The molecule has 2 heterocycles. The smallest absolute Gasteiger partial charge is 0.227 e. The number of amides is 1. The Balaban J connectivity index is 1.84. The van der Waals surface area contributed by atoms with Gasteiger partial charge in [0.05, 0.1) is 12.6 Å². The summed E-state index contributed by atoms with van der Waals surface area (Å²) in [6, 6.07) is 5.51. The van der Waals surface area contributed by atoms with Crippen LogP contribution in [0.1, 0.15) is 25.5 Å². The minimum absolute atomic E-state index is 0.107. The van der Waals surface area contributed by atoms with E-state index in [9.17, 15) is 9.90 Å². The summed E-state index contributed by atoms with van der Waals surface area (Å²) >= 11 is 0. The van der Waals surface area contributed by atoms with Crippen LogP contribution in [-0.4, -0.2) is 59.1 Å². The summed E-state index contributed by atoms with van der Waals surface area (Å²) in [7, 11) is 0. The van der Waals surface area contributed by atoms with Crippen molar-refractivity contribution in [2.45, 2.75) is 32.8 Å². The number of anilines is 1. The molecule has 2 rings (SSSR count). The van der Waals surface area contributed by atoms with Gasteiger partial charge in [0.2, 0.25) is 5.91 Å². The normalized spacial score (nSPS) is 18.1. The number of guanidine groups is 1. The summed E-state index contributed by atoms with van der Waals surface area (Å²) in [4.78, 5) is 22.7. The second-order valence-corrected chi connectivity index (χ2v) is 5.59. The van der Waals surface area contributed by atoms with E-state index < -0.39 is 0 Å². The number of nitrogens with zero attached hydrogens (tertiary/aromatic N) is 3. The van der Waals surface area contributed by atoms with E-state index >= 15 is 0 Å². The predicted molar refractivity (Wildman–Crippen MR) is 90.4 cm³/mol. The topological polar surface area (TPSA) is 89.8 Å². The van der Waals surface area contributed by atoms with Crippen LogP contribution in [0.25, 0.3) is 0 Å². The maximum absolute atomic E-state index is 11.9. The minimum Gasteiger partial charge on any atom is -0.391 e. The van der Waals surface area contributed by atoms with E-state index in [4.69, 9.17) is 0 Å². The number of hydrogen-bond acceptors (Lipinski definition) is 4. The van der Waals surface area contributed by atoms with Crippen molar-refractivity contribution < 1.29 is 9.90 Å². The molecule has 1 amide bonds. The Bertz CT molecular complexity index is 561. The number of nitrogens with one attached hydrogen (secondary N) is 2. The first-order valence-electron chi connectivity index (χ1n) is 8.03. The molecule has 1 aromatic rings. The number of rotatable bonds is 5. The fourth-order valence-electron chi connectivity index (χ4n) is 2.44. The van der Waals surface area contributed by atoms with Gasteiger partial charge in [0.25, 0.3) is 0 Å². The highest BCUT2D eigenvalue weighted by molar-refractivity contribution is 5.90. The summed E-state index contributed by atoms with van der Waals surface area (Å²) in [5.74, 6) is 1.21. The molecule has 1 saturated heterocycles. The summed E-state index contributed by atoms with van der Waals surface area (Å²) in [6.07, 6.45) is 0.750. The quantitative estimate of drug-likeness (QED) is 0.550. The van der Waals surface area contributed by atoms with Crippen molar-refractivity contribution in [3.05, 3.63) is 23.9 Å². The van der Waals surface area contributed by atoms with E-state index in [-0.39, 0.29) is 12.0 Å². The van der Waals surface area contributed by atoms with Gasteiger partial charge in [0.1, 0.15) is 5.82 Å². The maximum atomic E-state index is 11.9. The molecule has 1 aromatic heterocycles. The number of aliphatic hydroxyl groups excluding tert-OH is 1. The lowest BCUT2D eigenvalue weighted by Gasteiger charge is -2.20. The number of aryl methyl sites for hydroxylation is 1. The fourth-order valence-corrected chi connectivity index (χ4v) is 2.44. The molecule has 1 aliphatic rings. The van der Waals surface area contributed by atoms with E-state index in [1.54, 1.807) is 6.07 Å².